The number of methoxy groups -OCH3 is 1. The first-order valence-electron chi connectivity index (χ1n) is 5.43. The summed E-state index contributed by atoms with van der Waals surface area (Å²) in [6, 6.07) is 6.53. The first-order valence-corrected chi connectivity index (χ1v) is 5.43. The monoisotopic (exact) mass is 206 g/mol. The summed E-state index contributed by atoms with van der Waals surface area (Å²) < 4.78 is 5.47. The zero-order valence-electron chi connectivity index (χ0n) is 9.42. The van der Waals surface area contributed by atoms with Gasteiger partial charge in [0.25, 0.3) is 0 Å². The standard InChI is InChI=1S/C13H18O2/c1-10-3-4-12-8-13(9-14,15-2)6-5-11(12)7-10/h3-4,7,14H,5-6,8-9H2,1-2H3. The van der Waals surface area contributed by atoms with E-state index in [0.29, 0.717) is 0 Å². The molecule has 0 saturated heterocycles. The second-order valence-corrected chi connectivity index (χ2v) is 4.49. The second-order valence-electron chi connectivity index (χ2n) is 4.49. The van der Waals surface area contributed by atoms with Crippen LogP contribution in [-0.4, -0.2) is 24.4 Å². The average molecular weight is 206 g/mol. The molecule has 0 fully saturated rings. The van der Waals surface area contributed by atoms with Crippen LogP contribution < -0.4 is 0 Å². The third kappa shape index (κ3) is 1.92. The first-order chi connectivity index (χ1) is 7.19. The van der Waals surface area contributed by atoms with E-state index in [1.165, 1.54) is 16.7 Å². The lowest BCUT2D eigenvalue weighted by Crippen LogP contribution is -2.41. The number of aryl methyl sites for hydroxylation is 2. The molecule has 82 valence electrons. The Bertz CT molecular complexity index is 354. The van der Waals surface area contributed by atoms with Crippen molar-refractivity contribution < 1.29 is 9.84 Å². The number of aliphatic hydroxyl groups is 1. The van der Waals surface area contributed by atoms with Crippen molar-refractivity contribution in [2.75, 3.05) is 13.7 Å². The molecule has 0 radical (unpaired) electrons. The van der Waals surface area contributed by atoms with Gasteiger partial charge in [0, 0.05) is 13.5 Å². The molecule has 1 unspecified atom stereocenters. The Hall–Kier alpha value is -0.860. The van der Waals surface area contributed by atoms with Gasteiger partial charge in [-0.15, -0.1) is 0 Å². The second kappa shape index (κ2) is 3.95. The van der Waals surface area contributed by atoms with Crippen molar-refractivity contribution in [1.82, 2.24) is 0 Å². The van der Waals surface area contributed by atoms with Crippen LogP contribution in [0.5, 0.6) is 0 Å². The van der Waals surface area contributed by atoms with Crippen LogP contribution in [0.15, 0.2) is 18.2 Å². The minimum absolute atomic E-state index is 0.108. The van der Waals surface area contributed by atoms with Gasteiger partial charge in [0.2, 0.25) is 0 Å². The van der Waals surface area contributed by atoms with Crippen LogP contribution in [0.1, 0.15) is 23.1 Å². The minimum atomic E-state index is -0.345. The Kier molecular flexibility index (Phi) is 2.81. The van der Waals surface area contributed by atoms with Crippen LogP contribution >= 0.6 is 0 Å². The summed E-state index contributed by atoms with van der Waals surface area (Å²) >= 11 is 0. The molecule has 1 aromatic rings. The number of hydrogen-bond donors (Lipinski definition) is 1. The van der Waals surface area contributed by atoms with Gasteiger partial charge in [0.15, 0.2) is 0 Å². The maximum Gasteiger partial charge on any atom is 0.0951 e. The molecule has 1 N–H and O–H groups in total. The highest BCUT2D eigenvalue weighted by atomic mass is 16.5. The topological polar surface area (TPSA) is 29.5 Å². The summed E-state index contributed by atoms with van der Waals surface area (Å²) in [6.45, 7) is 2.22. The van der Waals surface area contributed by atoms with E-state index in [0.717, 1.165) is 19.3 Å². The molecule has 0 amide bonds. The van der Waals surface area contributed by atoms with Crippen molar-refractivity contribution in [3.8, 4) is 0 Å². The highest BCUT2D eigenvalue weighted by Gasteiger charge is 2.33. The van der Waals surface area contributed by atoms with Gasteiger partial charge in [-0.05, 0) is 30.9 Å². The predicted octanol–water partition coefficient (Wildman–Crippen LogP) is 1.86. The SMILES string of the molecule is COC1(CO)CCc2cc(C)ccc2C1. The molecule has 1 aromatic carbocycles. The van der Waals surface area contributed by atoms with E-state index in [9.17, 15) is 5.11 Å². The molecule has 1 aliphatic carbocycles. The normalized spacial score (nSPS) is 25.0. The number of rotatable bonds is 2. The molecule has 15 heavy (non-hydrogen) atoms. The van der Waals surface area contributed by atoms with Crippen LogP contribution in [-0.2, 0) is 17.6 Å². The molecule has 0 heterocycles. The van der Waals surface area contributed by atoms with Crippen molar-refractivity contribution in [1.29, 1.82) is 0 Å². The Morgan fingerprint density at radius 1 is 1.40 bits per heavy atom. The smallest absolute Gasteiger partial charge is 0.0951 e. The minimum Gasteiger partial charge on any atom is -0.393 e. The average Bonchev–Trinajstić information content (AvgIpc) is 2.28. The van der Waals surface area contributed by atoms with E-state index >= 15 is 0 Å². The first kappa shape index (κ1) is 10.7. The summed E-state index contributed by atoms with van der Waals surface area (Å²) in [4.78, 5) is 0. The lowest BCUT2D eigenvalue weighted by Gasteiger charge is -2.35. The summed E-state index contributed by atoms with van der Waals surface area (Å²) in [5.41, 5.74) is 3.70. The molecular weight excluding hydrogens is 188 g/mol. The van der Waals surface area contributed by atoms with Gasteiger partial charge in [0.05, 0.1) is 12.2 Å². The molecule has 1 atom stereocenters. The summed E-state index contributed by atoms with van der Waals surface area (Å²) in [6.07, 6.45) is 2.75. The Morgan fingerprint density at radius 2 is 2.20 bits per heavy atom. The Morgan fingerprint density at radius 3 is 2.87 bits per heavy atom. The van der Waals surface area contributed by atoms with E-state index < -0.39 is 0 Å². The Labute approximate surface area is 90.9 Å². The zero-order valence-corrected chi connectivity index (χ0v) is 9.42. The third-order valence-corrected chi connectivity index (χ3v) is 3.45. The van der Waals surface area contributed by atoms with E-state index in [2.05, 4.69) is 25.1 Å². The van der Waals surface area contributed by atoms with Crippen LogP contribution in [0.4, 0.5) is 0 Å². The largest absolute Gasteiger partial charge is 0.393 e. The number of benzene rings is 1. The van der Waals surface area contributed by atoms with Crippen LogP contribution in [0.25, 0.3) is 0 Å². The molecule has 0 bridgehead atoms. The molecular formula is C13H18O2. The van der Waals surface area contributed by atoms with Gasteiger partial charge in [-0.3, -0.25) is 0 Å². The third-order valence-electron chi connectivity index (χ3n) is 3.45. The van der Waals surface area contributed by atoms with Crippen LogP contribution in [0.2, 0.25) is 0 Å². The fourth-order valence-electron chi connectivity index (χ4n) is 2.33. The molecule has 0 saturated carbocycles. The highest BCUT2D eigenvalue weighted by Crippen LogP contribution is 2.31. The van der Waals surface area contributed by atoms with Crippen LogP contribution in [0.3, 0.4) is 0 Å². The number of aliphatic hydroxyl groups excluding tert-OH is 1. The zero-order chi connectivity index (χ0) is 10.9. The molecule has 0 spiro atoms. The van der Waals surface area contributed by atoms with Crippen molar-refractivity contribution >= 4 is 0 Å². The molecule has 2 rings (SSSR count). The molecule has 0 aromatic heterocycles. The summed E-state index contributed by atoms with van der Waals surface area (Å²) in [7, 11) is 1.69. The van der Waals surface area contributed by atoms with Gasteiger partial charge in [-0.1, -0.05) is 23.8 Å². The Balaban J connectivity index is 2.30. The number of ether oxygens (including phenoxy) is 1. The number of hydrogen-bond acceptors (Lipinski definition) is 2. The quantitative estimate of drug-likeness (QED) is 0.800. The predicted molar refractivity (Wildman–Crippen MR) is 60.0 cm³/mol. The van der Waals surface area contributed by atoms with Gasteiger partial charge in [-0.2, -0.15) is 0 Å². The van der Waals surface area contributed by atoms with Gasteiger partial charge in [-0.25, -0.2) is 0 Å². The van der Waals surface area contributed by atoms with Crippen molar-refractivity contribution in [3.05, 3.63) is 34.9 Å². The van der Waals surface area contributed by atoms with Gasteiger partial charge < -0.3 is 9.84 Å². The fraction of sp³-hybridized carbons (Fsp3) is 0.538. The lowest BCUT2D eigenvalue weighted by molar-refractivity contribution is -0.0607. The molecule has 0 aliphatic heterocycles. The van der Waals surface area contributed by atoms with Crippen molar-refractivity contribution in [2.24, 2.45) is 0 Å². The van der Waals surface area contributed by atoms with Crippen molar-refractivity contribution in [3.63, 3.8) is 0 Å². The molecule has 2 heteroatoms. The van der Waals surface area contributed by atoms with E-state index in [4.69, 9.17) is 4.74 Å². The summed E-state index contributed by atoms with van der Waals surface area (Å²) in [5, 5.41) is 9.40. The highest BCUT2D eigenvalue weighted by molar-refractivity contribution is 5.35. The van der Waals surface area contributed by atoms with Crippen molar-refractivity contribution in [2.45, 2.75) is 31.8 Å². The van der Waals surface area contributed by atoms with Crippen LogP contribution in [0, 0.1) is 6.92 Å². The van der Waals surface area contributed by atoms with Gasteiger partial charge >= 0.3 is 0 Å². The van der Waals surface area contributed by atoms with E-state index in [-0.39, 0.29) is 12.2 Å². The summed E-state index contributed by atoms with van der Waals surface area (Å²) in [5.74, 6) is 0. The van der Waals surface area contributed by atoms with E-state index in [1.807, 2.05) is 0 Å². The molecule has 1 aliphatic rings. The fourth-order valence-corrected chi connectivity index (χ4v) is 2.33. The van der Waals surface area contributed by atoms with E-state index in [1.54, 1.807) is 7.11 Å². The lowest BCUT2D eigenvalue weighted by atomic mass is 9.80. The maximum atomic E-state index is 9.40. The maximum absolute atomic E-state index is 9.40. The number of fused-ring (bicyclic) bond motifs is 1. The molecule has 2 nitrogen and oxygen atoms in total. The van der Waals surface area contributed by atoms with Gasteiger partial charge in [0.1, 0.15) is 0 Å².